The minimum Gasteiger partial charge on any atom is -0.293 e. The van der Waals surface area contributed by atoms with Crippen LogP contribution in [0.25, 0.3) is 0 Å². The smallest absolute Gasteiger partial charge is 0.293 e. The zero-order valence-corrected chi connectivity index (χ0v) is 7.92. The van der Waals surface area contributed by atoms with Gasteiger partial charge in [-0.2, -0.15) is 13.2 Å². The van der Waals surface area contributed by atoms with Crippen LogP contribution in [0.1, 0.15) is 13.8 Å². The van der Waals surface area contributed by atoms with Crippen molar-refractivity contribution in [3.05, 3.63) is 12.3 Å². The SMILES string of the molecule is CC(C)(C1N=CC=CN1N)C(F)(F)F. The summed E-state index contributed by atoms with van der Waals surface area (Å²) in [5.74, 6) is 5.39. The van der Waals surface area contributed by atoms with E-state index in [0.29, 0.717) is 0 Å². The molecule has 0 aromatic rings. The van der Waals surface area contributed by atoms with Crippen LogP contribution < -0.4 is 5.84 Å². The molecule has 0 saturated heterocycles. The third-order valence-electron chi connectivity index (χ3n) is 2.23. The Bertz CT molecular complexity index is 267. The molecule has 14 heavy (non-hydrogen) atoms. The Kier molecular flexibility index (Phi) is 2.58. The first-order valence-electron chi connectivity index (χ1n) is 4.06. The number of hydrogen-bond acceptors (Lipinski definition) is 3. The molecule has 2 N–H and O–H groups in total. The number of rotatable bonds is 1. The van der Waals surface area contributed by atoms with Crippen molar-refractivity contribution in [1.82, 2.24) is 5.01 Å². The van der Waals surface area contributed by atoms with Crippen LogP contribution in [0.2, 0.25) is 0 Å². The van der Waals surface area contributed by atoms with Crippen molar-refractivity contribution in [2.75, 3.05) is 0 Å². The molecule has 1 atom stereocenters. The van der Waals surface area contributed by atoms with E-state index < -0.39 is 17.8 Å². The summed E-state index contributed by atoms with van der Waals surface area (Å²) in [6.45, 7) is 2.15. The summed E-state index contributed by atoms with van der Waals surface area (Å²) in [5, 5.41) is 0.966. The summed E-state index contributed by atoms with van der Waals surface area (Å²) in [4.78, 5) is 3.72. The molecule has 0 bridgehead atoms. The van der Waals surface area contributed by atoms with Gasteiger partial charge < -0.3 is 0 Å². The Labute approximate surface area is 80.1 Å². The summed E-state index contributed by atoms with van der Waals surface area (Å²) in [6.07, 6.45) is -1.26. The van der Waals surface area contributed by atoms with Crippen molar-refractivity contribution in [2.45, 2.75) is 26.2 Å². The molecule has 0 aliphatic carbocycles. The van der Waals surface area contributed by atoms with Crippen LogP contribution in [-0.4, -0.2) is 23.6 Å². The topological polar surface area (TPSA) is 41.6 Å². The van der Waals surface area contributed by atoms with E-state index in [0.717, 1.165) is 18.9 Å². The maximum absolute atomic E-state index is 12.6. The molecule has 1 rings (SSSR count). The Balaban J connectivity index is 2.93. The van der Waals surface area contributed by atoms with E-state index in [9.17, 15) is 13.2 Å². The molecule has 0 radical (unpaired) electrons. The lowest BCUT2D eigenvalue weighted by Gasteiger charge is -2.38. The van der Waals surface area contributed by atoms with Crippen molar-refractivity contribution >= 4 is 6.21 Å². The van der Waals surface area contributed by atoms with Gasteiger partial charge >= 0.3 is 6.18 Å². The average molecular weight is 207 g/mol. The molecular weight excluding hydrogens is 195 g/mol. The summed E-state index contributed by atoms with van der Waals surface area (Å²) < 4.78 is 37.8. The van der Waals surface area contributed by atoms with E-state index in [1.54, 1.807) is 0 Å². The molecule has 1 unspecified atom stereocenters. The summed E-state index contributed by atoms with van der Waals surface area (Å²) in [6, 6.07) is 0. The minimum atomic E-state index is -4.34. The summed E-state index contributed by atoms with van der Waals surface area (Å²) in [5.41, 5.74) is -1.97. The van der Waals surface area contributed by atoms with Gasteiger partial charge in [0, 0.05) is 12.4 Å². The van der Waals surface area contributed by atoms with Crippen molar-refractivity contribution in [1.29, 1.82) is 0 Å². The molecule has 1 aliphatic heterocycles. The highest BCUT2D eigenvalue weighted by Gasteiger charge is 2.54. The number of halogens is 3. The van der Waals surface area contributed by atoms with Crippen molar-refractivity contribution < 1.29 is 13.2 Å². The fourth-order valence-electron chi connectivity index (χ4n) is 1.13. The van der Waals surface area contributed by atoms with Crippen LogP contribution in [0.4, 0.5) is 13.2 Å². The van der Waals surface area contributed by atoms with Gasteiger partial charge in [0.05, 0.1) is 0 Å². The summed E-state index contributed by atoms with van der Waals surface area (Å²) >= 11 is 0. The summed E-state index contributed by atoms with van der Waals surface area (Å²) in [7, 11) is 0. The van der Waals surface area contributed by atoms with Crippen LogP contribution >= 0.6 is 0 Å². The van der Waals surface area contributed by atoms with Gasteiger partial charge in [0.15, 0.2) is 0 Å². The minimum absolute atomic E-state index is 0.966. The molecule has 1 heterocycles. The van der Waals surface area contributed by atoms with Crippen LogP contribution in [0.3, 0.4) is 0 Å². The molecule has 80 valence electrons. The maximum atomic E-state index is 12.6. The van der Waals surface area contributed by atoms with Crippen LogP contribution in [-0.2, 0) is 0 Å². The highest BCUT2D eigenvalue weighted by atomic mass is 19.4. The van der Waals surface area contributed by atoms with Crippen LogP contribution in [0.5, 0.6) is 0 Å². The van der Waals surface area contributed by atoms with E-state index >= 15 is 0 Å². The molecule has 6 heteroatoms. The van der Waals surface area contributed by atoms with E-state index in [1.165, 1.54) is 18.5 Å². The van der Waals surface area contributed by atoms with Gasteiger partial charge in [-0.25, -0.2) is 5.84 Å². The zero-order chi connectivity index (χ0) is 11.0. The van der Waals surface area contributed by atoms with E-state index in [2.05, 4.69) is 4.99 Å². The fourth-order valence-corrected chi connectivity index (χ4v) is 1.13. The Morgan fingerprint density at radius 2 is 1.93 bits per heavy atom. The Morgan fingerprint density at radius 3 is 2.36 bits per heavy atom. The predicted molar refractivity (Wildman–Crippen MR) is 47.3 cm³/mol. The van der Waals surface area contributed by atoms with Crippen LogP contribution in [0.15, 0.2) is 17.3 Å². The lowest BCUT2D eigenvalue weighted by atomic mass is 9.88. The zero-order valence-electron chi connectivity index (χ0n) is 7.92. The van der Waals surface area contributed by atoms with Crippen molar-refractivity contribution in [2.24, 2.45) is 16.3 Å². The lowest BCUT2D eigenvalue weighted by Crippen LogP contribution is -2.52. The number of nitrogens with two attached hydrogens (primary N) is 1. The number of allylic oxidation sites excluding steroid dienone is 1. The fraction of sp³-hybridized carbons (Fsp3) is 0.625. The number of hydrogen-bond donors (Lipinski definition) is 1. The number of nitrogens with zero attached hydrogens (tertiary/aromatic N) is 2. The molecule has 0 fully saturated rings. The predicted octanol–water partition coefficient (Wildman–Crippen LogP) is 1.67. The number of hydrazine groups is 1. The van der Waals surface area contributed by atoms with Gasteiger partial charge in [-0.1, -0.05) is 0 Å². The molecule has 0 amide bonds. The largest absolute Gasteiger partial charge is 0.397 e. The van der Waals surface area contributed by atoms with E-state index in [1.807, 2.05) is 0 Å². The Morgan fingerprint density at radius 1 is 1.36 bits per heavy atom. The molecule has 0 spiro atoms. The van der Waals surface area contributed by atoms with Gasteiger partial charge in [0.25, 0.3) is 0 Å². The van der Waals surface area contributed by atoms with Crippen LogP contribution in [0, 0.1) is 5.41 Å². The maximum Gasteiger partial charge on any atom is 0.397 e. The second-order valence-corrected chi connectivity index (χ2v) is 3.68. The molecule has 0 aromatic heterocycles. The molecular formula is C8H12F3N3. The average Bonchev–Trinajstić information content (AvgIpc) is 2.02. The Hall–Kier alpha value is -1.04. The molecule has 0 saturated carbocycles. The molecule has 3 nitrogen and oxygen atoms in total. The highest BCUT2D eigenvalue weighted by molar-refractivity contribution is 5.71. The van der Waals surface area contributed by atoms with Gasteiger partial charge in [0.2, 0.25) is 0 Å². The van der Waals surface area contributed by atoms with Gasteiger partial charge in [0.1, 0.15) is 11.6 Å². The monoisotopic (exact) mass is 207 g/mol. The van der Waals surface area contributed by atoms with Crippen molar-refractivity contribution in [3.8, 4) is 0 Å². The van der Waals surface area contributed by atoms with E-state index in [-0.39, 0.29) is 0 Å². The third-order valence-corrected chi connectivity index (χ3v) is 2.23. The molecule has 1 aliphatic rings. The number of aliphatic imine (C=N–C) groups is 1. The standard InChI is InChI=1S/C8H12F3N3/c1-7(2,8(9,10)11)6-13-4-3-5-14(6)12/h3-6H,12H2,1-2H3. The first-order chi connectivity index (χ1) is 6.27. The lowest BCUT2D eigenvalue weighted by molar-refractivity contribution is -0.229. The quantitative estimate of drug-likeness (QED) is 0.664. The van der Waals surface area contributed by atoms with Crippen molar-refractivity contribution in [3.63, 3.8) is 0 Å². The van der Waals surface area contributed by atoms with Gasteiger partial charge in [-0.15, -0.1) is 0 Å². The third kappa shape index (κ3) is 1.75. The molecule has 0 aromatic carbocycles. The first-order valence-corrected chi connectivity index (χ1v) is 4.06. The van der Waals surface area contributed by atoms with Gasteiger partial charge in [-0.05, 0) is 19.9 Å². The highest BCUT2D eigenvalue weighted by Crippen LogP contribution is 2.42. The van der Waals surface area contributed by atoms with Gasteiger partial charge in [-0.3, -0.25) is 10.0 Å². The second-order valence-electron chi connectivity index (χ2n) is 3.68. The van der Waals surface area contributed by atoms with E-state index in [4.69, 9.17) is 5.84 Å². The first kappa shape index (κ1) is 11.0. The second kappa shape index (κ2) is 3.27. The normalized spacial score (nSPS) is 23.0. The number of alkyl halides is 3.